The number of phenols is 1. The molecule has 0 saturated carbocycles. The number of aryl methyl sites for hydroxylation is 1. The number of benzene rings is 1. The number of aromatic hydroxyl groups is 1. The Hall–Kier alpha value is -1.81. The maximum atomic E-state index is 11.4. The van der Waals surface area contributed by atoms with E-state index in [1.54, 1.807) is 0 Å². The van der Waals surface area contributed by atoms with E-state index in [9.17, 15) is 15.0 Å². The van der Waals surface area contributed by atoms with Gasteiger partial charge in [0, 0.05) is 26.2 Å². The Balaban J connectivity index is 2.10. The molecule has 1 aromatic carbocycles. The molecule has 1 aliphatic rings. The summed E-state index contributed by atoms with van der Waals surface area (Å²) < 4.78 is 5.66. The number of ether oxygens (including phenoxy) is 1. The highest BCUT2D eigenvalue weighted by molar-refractivity contribution is 6.41. The Morgan fingerprint density at radius 3 is 2.65 bits per heavy atom. The van der Waals surface area contributed by atoms with E-state index in [0.717, 1.165) is 6.54 Å². The Kier molecular flexibility index (Phi) is 5.83. The minimum Gasteiger partial charge on any atom is -0.507 e. The van der Waals surface area contributed by atoms with Crippen molar-refractivity contribution in [2.45, 2.75) is 18.8 Å². The fourth-order valence-corrected chi connectivity index (χ4v) is 2.55. The smallest absolute Gasteiger partial charge is 0.451 e. The number of nitrogens with zero attached hydrogens (tertiary/aromatic N) is 1. The van der Waals surface area contributed by atoms with E-state index in [4.69, 9.17) is 20.5 Å². The normalized spacial score (nSPS) is 15.3. The molecule has 0 spiro atoms. The Bertz CT molecular complexity index is 562. The zero-order valence-electron chi connectivity index (χ0n) is 12.7. The molecule has 0 unspecified atom stereocenters. The fourth-order valence-electron chi connectivity index (χ4n) is 2.55. The summed E-state index contributed by atoms with van der Waals surface area (Å²) >= 11 is 0. The molecule has 9 heteroatoms. The van der Waals surface area contributed by atoms with Gasteiger partial charge in [0.2, 0.25) is 0 Å². The largest absolute Gasteiger partial charge is 0.507 e. The van der Waals surface area contributed by atoms with Gasteiger partial charge in [-0.2, -0.15) is 0 Å². The molecular weight excluding hydrogens is 303 g/mol. The zero-order valence-corrected chi connectivity index (χ0v) is 12.7. The van der Waals surface area contributed by atoms with Crippen LogP contribution in [-0.2, 0) is 6.42 Å². The first kappa shape index (κ1) is 17.5. The molecule has 1 aromatic rings. The lowest BCUT2D eigenvalue weighted by Gasteiger charge is -2.38. The molecule has 1 saturated heterocycles. The molecule has 8 nitrogen and oxygen atoms in total. The standard InChI is InChI=1S/C14H21BN2O6/c16-5-6-17-7-10(8-17)23-11-2-1-9(3-4-15(21)22)13(18)12(11)14(19)20/h1-2,10,18,21-22H,3-8,16H2,(H,19,20). The van der Waals surface area contributed by atoms with Gasteiger partial charge in [0.05, 0.1) is 0 Å². The molecule has 6 N–H and O–H groups in total. The van der Waals surface area contributed by atoms with E-state index in [0.29, 0.717) is 25.2 Å². The Morgan fingerprint density at radius 1 is 1.39 bits per heavy atom. The van der Waals surface area contributed by atoms with Crippen molar-refractivity contribution in [3.63, 3.8) is 0 Å². The highest BCUT2D eigenvalue weighted by atomic mass is 16.5. The highest BCUT2D eigenvalue weighted by Crippen LogP contribution is 2.33. The van der Waals surface area contributed by atoms with Crippen LogP contribution in [0.1, 0.15) is 15.9 Å². The third-order valence-electron chi connectivity index (χ3n) is 3.77. The van der Waals surface area contributed by atoms with Gasteiger partial charge in [-0.1, -0.05) is 6.07 Å². The van der Waals surface area contributed by atoms with E-state index in [1.807, 2.05) is 0 Å². The SMILES string of the molecule is NCCN1CC(Oc2ccc(CCB(O)O)c(O)c2C(=O)O)C1. The van der Waals surface area contributed by atoms with Gasteiger partial charge < -0.3 is 30.7 Å². The van der Waals surface area contributed by atoms with Crippen molar-refractivity contribution in [1.82, 2.24) is 4.90 Å². The van der Waals surface area contributed by atoms with Crippen molar-refractivity contribution in [2.24, 2.45) is 5.73 Å². The maximum Gasteiger partial charge on any atom is 0.451 e. The van der Waals surface area contributed by atoms with Crippen LogP contribution in [0.15, 0.2) is 12.1 Å². The minimum atomic E-state index is -1.51. The van der Waals surface area contributed by atoms with Crippen molar-refractivity contribution < 1.29 is 29.8 Å². The number of carbonyl (C=O) groups is 1. The van der Waals surface area contributed by atoms with Crippen molar-refractivity contribution in [1.29, 1.82) is 0 Å². The molecule has 1 heterocycles. The van der Waals surface area contributed by atoms with Crippen molar-refractivity contribution in [3.8, 4) is 11.5 Å². The number of nitrogens with two attached hydrogens (primary N) is 1. The summed E-state index contributed by atoms with van der Waals surface area (Å²) in [7, 11) is -1.51. The third-order valence-corrected chi connectivity index (χ3v) is 3.77. The van der Waals surface area contributed by atoms with Crippen LogP contribution in [0, 0.1) is 0 Å². The number of carboxylic acids is 1. The second-order valence-electron chi connectivity index (χ2n) is 5.56. The average Bonchev–Trinajstić information content (AvgIpc) is 2.43. The molecule has 1 fully saturated rings. The topological polar surface area (TPSA) is 136 Å². The molecule has 0 atom stereocenters. The van der Waals surface area contributed by atoms with Crippen LogP contribution in [-0.4, -0.2) is 70.5 Å². The van der Waals surface area contributed by atoms with Gasteiger partial charge in [0.25, 0.3) is 0 Å². The first-order valence-electron chi connectivity index (χ1n) is 7.45. The third kappa shape index (κ3) is 4.35. The van der Waals surface area contributed by atoms with Crippen LogP contribution in [0.5, 0.6) is 11.5 Å². The molecule has 0 amide bonds. The van der Waals surface area contributed by atoms with Gasteiger partial charge in [-0.05, 0) is 24.4 Å². The van der Waals surface area contributed by atoms with E-state index in [-0.39, 0.29) is 30.2 Å². The molecule has 0 aromatic heterocycles. The second-order valence-corrected chi connectivity index (χ2v) is 5.56. The quantitative estimate of drug-likeness (QED) is 0.389. The van der Waals surface area contributed by atoms with Crippen LogP contribution in [0.2, 0.25) is 6.32 Å². The molecule has 1 aliphatic heterocycles. The number of carboxylic acid groups (broad SMARTS) is 1. The number of aromatic carboxylic acids is 1. The van der Waals surface area contributed by atoms with E-state index in [2.05, 4.69) is 4.90 Å². The predicted octanol–water partition coefficient (Wildman–Crippen LogP) is -0.873. The van der Waals surface area contributed by atoms with Crippen molar-refractivity contribution in [2.75, 3.05) is 26.2 Å². The molecule has 2 rings (SSSR count). The summed E-state index contributed by atoms with van der Waals surface area (Å²) in [5.41, 5.74) is 5.49. The lowest BCUT2D eigenvalue weighted by molar-refractivity contribution is 0.0210. The Morgan fingerprint density at radius 2 is 2.09 bits per heavy atom. The van der Waals surface area contributed by atoms with Crippen molar-refractivity contribution >= 4 is 13.1 Å². The first-order chi connectivity index (χ1) is 10.9. The fraction of sp³-hybridized carbons (Fsp3) is 0.500. The average molecular weight is 324 g/mol. The van der Waals surface area contributed by atoms with E-state index < -0.39 is 18.8 Å². The van der Waals surface area contributed by atoms with E-state index in [1.165, 1.54) is 12.1 Å². The van der Waals surface area contributed by atoms with Crippen LogP contribution in [0.25, 0.3) is 0 Å². The van der Waals surface area contributed by atoms with Crippen LogP contribution in [0.4, 0.5) is 0 Å². The molecule has 0 radical (unpaired) electrons. The predicted molar refractivity (Wildman–Crippen MR) is 83.7 cm³/mol. The molecule has 23 heavy (non-hydrogen) atoms. The van der Waals surface area contributed by atoms with Gasteiger partial charge >= 0.3 is 13.1 Å². The zero-order chi connectivity index (χ0) is 17.0. The summed E-state index contributed by atoms with van der Waals surface area (Å²) in [5.74, 6) is -1.57. The molecular formula is C14H21BN2O6. The maximum absolute atomic E-state index is 11.4. The summed E-state index contributed by atoms with van der Waals surface area (Å²) in [6, 6.07) is 3.03. The molecule has 0 aliphatic carbocycles. The summed E-state index contributed by atoms with van der Waals surface area (Å²) in [5, 5.41) is 37.2. The number of likely N-dealkylation sites (tertiary alicyclic amines) is 1. The van der Waals surface area contributed by atoms with Crippen LogP contribution >= 0.6 is 0 Å². The van der Waals surface area contributed by atoms with Gasteiger partial charge in [0.1, 0.15) is 23.2 Å². The van der Waals surface area contributed by atoms with Gasteiger partial charge in [0.15, 0.2) is 0 Å². The Labute approximate surface area is 134 Å². The minimum absolute atomic E-state index is 0.00347. The van der Waals surface area contributed by atoms with Gasteiger partial charge in [-0.3, -0.25) is 4.90 Å². The summed E-state index contributed by atoms with van der Waals surface area (Å²) in [6.45, 7) is 2.64. The number of hydrogen-bond donors (Lipinski definition) is 5. The lowest BCUT2D eigenvalue weighted by atomic mass is 9.82. The first-order valence-corrected chi connectivity index (χ1v) is 7.45. The lowest BCUT2D eigenvalue weighted by Crippen LogP contribution is -2.55. The number of hydrogen-bond acceptors (Lipinski definition) is 7. The monoisotopic (exact) mass is 324 g/mol. The second kappa shape index (κ2) is 7.65. The van der Waals surface area contributed by atoms with Crippen molar-refractivity contribution in [3.05, 3.63) is 23.3 Å². The van der Waals surface area contributed by atoms with Crippen LogP contribution in [0.3, 0.4) is 0 Å². The van der Waals surface area contributed by atoms with E-state index >= 15 is 0 Å². The van der Waals surface area contributed by atoms with Gasteiger partial charge in [-0.15, -0.1) is 0 Å². The summed E-state index contributed by atoms with van der Waals surface area (Å²) in [6.07, 6.45) is 0.0190. The molecule has 126 valence electrons. The van der Waals surface area contributed by atoms with Crippen LogP contribution < -0.4 is 10.5 Å². The summed E-state index contributed by atoms with van der Waals surface area (Å²) in [4.78, 5) is 13.5. The van der Waals surface area contributed by atoms with Gasteiger partial charge in [-0.25, -0.2) is 4.79 Å². The highest BCUT2D eigenvalue weighted by Gasteiger charge is 2.30. The molecule has 0 bridgehead atoms. The number of rotatable bonds is 8.